The summed E-state index contributed by atoms with van der Waals surface area (Å²) in [6, 6.07) is 22.9. The Labute approximate surface area is 217 Å². The van der Waals surface area contributed by atoms with E-state index in [9.17, 15) is 0 Å². The molecule has 0 bridgehead atoms. The van der Waals surface area contributed by atoms with E-state index in [4.69, 9.17) is 19.4 Å². The van der Waals surface area contributed by atoms with Crippen molar-refractivity contribution < 1.29 is 4.42 Å². The van der Waals surface area contributed by atoms with Crippen LogP contribution in [0.1, 0.15) is 52.9 Å². The smallest absolute Gasteiger partial charge is 0.159 e. The Morgan fingerprint density at radius 3 is 2.08 bits per heavy atom. The molecule has 0 atom stereocenters. The zero-order valence-corrected chi connectivity index (χ0v) is 22.5. The Balaban J connectivity index is 1.55. The molecule has 0 radical (unpaired) electrons. The first-order valence-electron chi connectivity index (χ1n) is 12.8. The van der Waals surface area contributed by atoms with Crippen molar-refractivity contribution in [1.29, 1.82) is 0 Å². The van der Waals surface area contributed by atoms with E-state index in [-0.39, 0.29) is 10.8 Å². The van der Waals surface area contributed by atoms with Crippen LogP contribution in [0.5, 0.6) is 0 Å². The molecule has 0 fully saturated rings. The van der Waals surface area contributed by atoms with Crippen LogP contribution in [0.3, 0.4) is 0 Å². The summed E-state index contributed by atoms with van der Waals surface area (Å²) in [5, 5.41) is 2.11. The van der Waals surface area contributed by atoms with E-state index in [0.29, 0.717) is 0 Å². The maximum absolute atomic E-state index is 6.44. The van der Waals surface area contributed by atoms with Crippen LogP contribution in [0.15, 0.2) is 71.1 Å². The molecule has 0 aliphatic rings. The van der Waals surface area contributed by atoms with Crippen molar-refractivity contribution in [3.05, 3.63) is 78.1 Å². The number of rotatable bonds is 2. The number of aromatic nitrogens is 4. The lowest BCUT2D eigenvalue weighted by molar-refractivity contribution is 0.539. The maximum Gasteiger partial charge on any atom is 0.159 e. The average molecular weight is 489 g/mol. The first kappa shape index (κ1) is 23.4. The molecule has 0 aliphatic heterocycles. The fourth-order valence-electron chi connectivity index (χ4n) is 4.84. The normalized spacial score (nSPS) is 12.7. The van der Waals surface area contributed by atoms with E-state index in [1.165, 1.54) is 0 Å². The number of furan rings is 1. The summed E-state index contributed by atoms with van der Waals surface area (Å²) >= 11 is 0. The van der Waals surface area contributed by atoms with Gasteiger partial charge in [0.25, 0.3) is 0 Å². The number of aryl methyl sites for hydroxylation is 1. The minimum atomic E-state index is -0.0787. The molecule has 186 valence electrons. The topological polar surface area (TPSA) is 56.7 Å². The standard InChI is InChI=1S/C32H32N4O/c1-31(2,3)26-18-27(32(4,5)6)35-29(34-26)19-15-16-25-22(17-19)20-11-10-12-21(28(20)37-25)30-33-23-13-8-9-14-24(23)36(30)7/h8-18H,1-7H3. The van der Waals surface area contributed by atoms with Crippen molar-refractivity contribution in [3.8, 4) is 22.8 Å². The van der Waals surface area contributed by atoms with E-state index >= 15 is 0 Å². The van der Waals surface area contributed by atoms with Crippen LogP contribution >= 0.6 is 0 Å². The lowest BCUT2D eigenvalue weighted by atomic mass is 9.86. The SMILES string of the molecule is Cn1c(-c2cccc3c2oc2ccc(-c4nc(C(C)(C)C)cc(C(C)(C)C)n4)cc23)nc2ccccc21. The Morgan fingerprint density at radius 2 is 1.41 bits per heavy atom. The van der Waals surface area contributed by atoms with Crippen molar-refractivity contribution in [1.82, 2.24) is 19.5 Å². The van der Waals surface area contributed by atoms with Crippen LogP contribution in [0.2, 0.25) is 0 Å². The fraction of sp³-hybridized carbons (Fsp3) is 0.281. The molecule has 0 unspecified atom stereocenters. The Morgan fingerprint density at radius 1 is 0.703 bits per heavy atom. The molecule has 37 heavy (non-hydrogen) atoms. The van der Waals surface area contributed by atoms with Gasteiger partial charge in [-0.25, -0.2) is 15.0 Å². The second kappa shape index (κ2) is 8.01. The summed E-state index contributed by atoms with van der Waals surface area (Å²) in [6.45, 7) is 13.2. The second-order valence-electron chi connectivity index (χ2n) is 11.9. The minimum absolute atomic E-state index is 0.0787. The highest BCUT2D eigenvalue weighted by Gasteiger charge is 2.24. The second-order valence-corrected chi connectivity index (χ2v) is 11.9. The summed E-state index contributed by atoms with van der Waals surface area (Å²) in [5.74, 6) is 1.64. The molecule has 5 heteroatoms. The number of imidazole rings is 1. The highest BCUT2D eigenvalue weighted by Crippen LogP contribution is 2.38. The van der Waals surface area contributed by atoms with E-state index in [1.54, 1.807) is 0 Å². The summed E-state index contributed by atoms with van der Waals surface area (Å²) in [4.78, 5) is 14.9. The van der Waals surface area contributed by atoms with Crippen LogP contribution in [-0.2, 0) is 17.9 Å². The van der Waals surface area contributed by atoms with Crippen molar-refractivity contribution in [2.24, 2.45) is 7.05 Å². The van der Waals surface area contributed by atoms with Crippen molar-refractivity contribution in [3.63, 3.8) is 0 Å². The molecule has 0 amide bonds. The lowest BCUT2D eigenvalue weighted by Gasteiger charge is -2.24. The molecule has 0 N–H and O–H groups in total. The Bertz CT molecular complexity index is 1780. The number of hydrogen-bond donors (Lipinski definition) is 0. The highest BCUT2D eigenvalue weighted by molar-refractivity contribution is 6.10. The van der Waals surface area contributed by atoms with Gasteiger partial charge in [0, 0.05) is 34.2 Å². The quantitative estimate of drug-likeness (QED) is 0.246. The molecule has 6 aromatic rings. The van der Waals surface area contributed by atoms with Gasteiger partial charge in [0.2, 0.25) is 0 Å². The third kappa shape index (κ3) is 3.90. The van der Waals surface area contributed by atoms with Crippen LogP contribution in [0, 0.1) is 0 Å². The minimum Gasteiger partial charge on any atom is -0.455 e. The predicted molar refractivity (Wildman–Crippen MR) is 152 cm³/mol. The van der Waals surface area contributed by atoms with Crippen LogP contribution in [0.4, 0.5) is 0 Å². The monoisotopic (exact) mass is 488 g/mol. The van der Waals surface area contributed by atoms with Gasteiger partial charge in [-0.05, 0) is 42.5 Å². The van der Waals surface area contributed by atoms with Gasteiger partial charge in [0.05, 0.1) is 28.0 Å². The van der Waals surface area contributed by atoms with Gasteiger partial charge in [0.15, 0.2) is 5.82 Å². The number of fused-ring (bicyclic) bond motifs is 4. The molecule has 0 saturated carbocycles. The Hall–Kier alpha value is -3.99. The number of hydrogen-bond acceptors (Lipinski definition) is 4. The zero-order valence-electron chi connectivity index (χ0n) is 22.5. The van der Waals surface area contributed by atoms with E-state index in [2.05, 4.69) is 95.6 Å². The summed E-state index contributed by atoms with van der Waals surface area (Å²) in [5.41, 5.74) is 7.65. The van der Waals surface area contributed by atoms with E-state index in [0.717, 1.165) is 67.1 Å². The molecule has 0 spiro atoms. The summed E-state index contributed by atoms with van der Waals surface area (Å²) < 4.78 is 8.57. The third-order valence-corrected chi connectivity index (χ3v) is 7.05. The van der Waals surface area contributed by atoms with Gasteiger partial charge in [-0.2, -0.15) is 0 Å². The molecule has 6 rings (SSSR count). The van der Waals surface area contributed by atoms with Gasteiger partial charge in [-0.3, -0.25) is 0 Å². The first-order valence-corrected chi connectivity index (χ1v) is 12.8. The highest BCUT2D eigenvalue weighted by atomic mass is 16.3. The fourth-order valence-corrected chi connectivity index (χ4v) is 4.84. The van der Waals surface area contributed by atoms with Gasteiger partial charge in [0.1, 0.15) is 17.0 Å². The van der Waals surface area contributed by atoms with Gasteiger partial charge in [-0.1, -0.05) is 65.8 Å². The summed E-state index contributed by atoms with van der Waals surface area (Å²) in [7, 11) is 2.05. The van der Waals surface area contributed by atoms with Crippen molar-refractivity contribution in [2.75, 3.05) is 0 Å². The van der Waals surface area contributed by atoms with Gasteiger partial charge >= 0.3 is 0 Å². The molecule has 5 nitrogen and oxygen atoms in total. The Kier molecular flexibility index (Phi) is 5.07. The first-order chi connectivity index (χ1) is 17.5. The molecular weight excluding hydrogens is 456 g/mol. The average Bonchev–Trinajstić information content (AvgIpc) is 3.40. The lowest BCUT2D eigenvalue weighted by Crippen LogP contribution is -2.20. The van der Waals surface area contributed by atoms with Gasteiger partial charge < -0.3 is 8.98 Å². The molecule has 0 aliphatic carbocycles. The van der Waals surface area contributed by atoms with Crippen molar-refractivity contribution in [2.45, 2.75) is 52.4 Å². The van der Waals surface area contributed by atoms with E-state index in [1.807, 2.05) is 24.3 Å². The molecular formula is C32H32N4O. The molecule has 3 heterocycles. The molecule has 0 saturated heterocycles. The van der Waals surface area contributed by atoms with Crippen LogP contribution in [-0.4, -0.2) is 19.5 Å². The summed E-state index contributed by atoms with van der Waals surface area (Å²) in [6.07, 6.45) is 0. The molecule has 3 aromatic carbocycles. The van der Waals surface area contributed by atoms with Crippen LogP contribution in [0.25, 0.3) is 55.7 Å². The third-order valence-electron chi connectivity index (χ3n) is 7.05. The maximum atomic E-state index is 6.44. The predicted octanol–water partition coefficient (Wildman–Crippen LogP) is 8.19. The molecule has 3 aromatic heterocycles. The van der Waals surface area contributed by atoms with E-state index < -0.39 is 0 Å². The van der Waals surface area contributed by atoms with Crippen molar-refractivity contribution >= 4 is 33.0 Å². The van der Waals surface area contributed by atoms with Crippen LogP contribution < -0.4 is 0 Å². The zero-order chi connectivity index (χ0) is 26.1. The number of nitrogens with zero attached hydrogens (tertiary/aromatic N) is 4. The largest absolute Gasteiger partial charge is 0.455 e. The van der Waals surface area contributed by atoms with Gasteiger partial charge in [-0.15, -0.1) is 0 Å². The number of benzene rings is 3. The number of para-hydroxylation sites is 3.